The predicted molar refractivity (Wildman–Crippen MR) is 105 cm³/mol. The lowest BCUT2D eigenvalue weighted by atomic mass is 10.1. The van der Waals surface area contributed by atoms with Crippen LogP contribution >= 0.6 is 0 Å². The first-order valence-corrected chi connectivity index (χ1v) is 8.43. The van der Waals surface area contributed by atoms with Crippen molar-refractivity contribution in [3.63, 3.8) is 0 Å². The van der Waals surface area contributed by atoms with E-state index in [0.717, 1.165) is 35.0 Å². The van der Waals surface area contributed by atoms with Crippen molar-refractivity contribution in [2.24, 2.45) is 10.9 Å². The lowest BCUT2D eigenvalue weighted by Crippen LogP contribution is -2.33. The molecule has 2 rings (SSSR count). The number of carbonyl (C=O) groups is 1. The van der Waals surface area contributed by atoms with E-state index in [1.807, 2.05) is 54.6 Å². The number of nitrogens with one attached hydrogen (secondary N) is 2. The van der Waals surface area contributed by atoms with Crippen LogP contribution in [0.3, 0.4) is 0 Å². The van der Waals surface area contributed by atoms with Crippen molar-refractivity contribution < 1.29 is 4.79 Å². The summed E-state index contributed by atoms with van der Waals surface area (Å²) in [6.07, 6.45) is 5.81. The number of anilines is 1. The summed E-state index contributed by atoms with van der Waals surface area (Å²) < 4.78 is 0. The normalized spacial score (nSPS) is 16.4. The molecule has 1 aromatic carbocycles. The highest BCUT2D eigenvalue weighted by Gasteiger charge is 2.19. The first-order valence-electron chi connectivity index (χ1n) is 8.43. The maximum Gasteiger partial charge on any atom is 0.221 e. The van der Waals surface area contributed by atoms with Gasteiger partial charge in [0.05, 0.1) is 5.70 Å². The number of rotatable bonds is 5. The monoisotopic (exact) mass is 338 g/mol. The minimum Gasteiger partial charge on any atom is -0.344 e. The van der Waals surface area contributed by atoms with Crippen LogP contribution in [0.15, 0.2) is 60.0 Å². The van der Waals surface area contributed by atoms with Gasteiger partial charge in [-0.25, -0.2) is 0 Å². The Balaban J connectivity index is 2.30. The van der Waals surface area contributed by atoms with E-state index in [1.165, 1.54) is 6.92 Å². The molecule has 0 saturated heterocycles. The van der Waals surface area contributed by atoms with E-state index in [4.69, 9.17) is 0 Å². The van der Waals surface area contributed by atoms with Crippen LogP contribution in [0.4, 0.5) is 5.69 Å². The lowest BCUT2D eigenvalue weighted by Gasteiger charge is -2.30. The van der Waals surface area contributed by atoms with E-state index in [9.17, 15) is 4.79 Å². The molecular weight excluding hydrogens is 312 g/mol. The van der Waals surface area contributed by atoms with Crippen molar-refractivity contribution in [1.29, 1.82) is 0 Å². The Morgan fingerprint density at radius 1 is 1.44 bits per heavy atom. The van der Waals surface area contributed by atoms with Crippen molar-refractivity contribution in [2.75, 3.05) is 11.9 Å². The second-order valence-corrected chi connectivity index (χ2v) is 6.30. The van der Waals surface area contributed by atoms with Gasteiger partial charge in [-0.2, -0.15) is 0 Å². The molecule has 5 heteroatoms. The van der Waals surface area contributed by atoms with Gasteiger partial charge >= 0.3 is 0 Å². The number of hydrogen-bond donors (Lipinski definition) is 2. The molecule has 2 N–H and O–H groups in total. The lowest BCUT2D eigenvalue weighted by molar-refractivity contribution is -0.114. The Morgan fingerprint density at radius 3 is 2.84 bits per heavy atom. The van der Waals surface area contributed by atoms with Gasteiger partial charge in [-0.05, 0) is 25.0 Å². The molecule has 0 spiro atoms. The van der Waals surface area contributed by atoms with E-state index < -0.39 is 0 Å². The molecule has 1 aliphatic rings. The molecule has 0 atom stereocenters. The highest BCUT2D eigenvalue weighted by Crippen LogP contribution is 2.27. The van der Waals surface area contributed by atoms with Gasteiger partial charge in [0.25, 0.3) is 0 Å². The van der Waals surface area contributed by atoms with Crippen molar-refractivity contribution in [3.8, 4) is 0 Å². The number of hydrogen-bond acceptors (Lipinski definition) is 3. The quantitative estimate of drug-likeness (QED) is 0.855. The SMILES string of the molecule is C=C1C(=NCC(C)C)NC=CN1/C(=C\C)c1cccc(NC(C)=O)c1. The van der Waals surface area contributed by atoms with E-state index in [-0.39, 0.29) is 5.91 Å². The highest BCUT2D eigenvalue weighted by molar-refractivity contribution is 6.00. The topological polar surface area (TPSA) is 56.7 Å². The van der Waals surface area contributed by atoms with Gasteiger partial charge in [0.1, 0.15) is 5.84 Å². The Kier molecular flexibility index (Phi) is 6.17. The molecule has 0 saturated carbocycles. The van der Waals surface area contributed by atoms with Crippen molar-refractivity contribution in [1.82, 2.24) is 10.2 Å². The number of allylic oxidation sites excluding steroid dienone is 1. The predicted octanol–water partition coefficient (Wildman–Crippen LogP) is 3.95. The van der Waals surface area contributed by atoms with E-state index in [1.54, 1.807) is 0 Å². The average Bonchev–Trinajstić information content (AvgIpc) is 2.55. The van der Waals surface area contributed by atoms with Gasteiger partial charge in [0.2, 0.25) is 5.91 Å². The summed E-state index contributed by atoms with van der Waals surface area (Å²) in [5, 5.41) is 5.98. The van der Waals surface area contributed by atoms with Gasteiger partial charge in [-0.15, -0.1) is 0 Å². The molecule has 0 aromatic heterocycles. The Labute approximate surface area is 149 Å². The number of benzene rings is 1. The van der Waals surface area contributed by atoms with Crippen LogP contribution < -0.4 is 10.6 Å². The van der Waals surface area contributed by atoms with Gasteiger partial charge in [0, 0.05) is 42.8 Å². The Morgan fingerprint density at radius 2 is 2.20 bits per heavy atom. The summed E-state index contributed by atoms with van der Waals surface area (Å²) in [7, 11) is 0. The average molecular weight is 338 g/mol. The van der Waals surface area contributed by atoms with Crippen LogP contribution in [-0.2, 0) is 4.79 Å². The van der Waals surface area contributed by atoms with Crippen LogP contribution in [0.1, 0.15) is 33.3 Å². The molecule has 0 radical (unpaired) electrons. The molecule has 5 nitrogen and oxygen atoms in total. The first-order chi connectivity index (χ1) is 11.9. The van der Waals surface area contributed by atoms with Crippen molar-refractivity contribution >= 4 is 23.1 Å². The molecule has 1 heterocycles. The van der Waals surface area contributed by atoms with Crippen LogP contribution in [-0.4, -0.2) is 23.2 Å². The molecule has 1 aromatic rings. The summed E-state index contributed by atoms with van der Waals surface area (Å²) in [5.41, 5.74) is 3.53. The summed E-state index contributed by atoms with van der Waals surface area (Å²) in [6, 6.07) is 7.75. The largest absolute Gasteiger partial charge is 0.344 e. The molecular formula is C20H26N4O. The standard InChI is InChI=1S/C20H26N4O/c1-6-19(17-8-7-9-18(12-17)23-16(5)25)24-11-10-21-20(15(24)4)22-13-14(2)3/h6-12,14H,4,13H2,1-3,5H3,(H,21,22)(H,23,25)/b19-6-. The zero-order valence-corrected chi connectivity index (χ0v) is 15.3. The van der Waals surface area contributed by atoms with E-state index in [2.05, 4.69) is 36.1 Å². The van der Waals surface area contributed by atoms with Gasteiger partial charge in [-0.1, -0.05) is 38.6 Å². The third-order valence-corrected chi connectivity index (χ3v) is 3.63. The Bertz CT molecular complexity index is 744. The number of amides is 1. The van der Waals surface area contributed by atoms with Gasteiger partial charge < -0.3 is 15.5 Å². The van der Waals surface area contributed by atoms with Crippen LogP contribution in [0.25, 0.3) is 5.70 Å². The minimum atomic E-state index is -0.0891. The molecule has 132 valence electrons. The summed E-state index contributed by atoms with van der Waals surface area (Å²) in [4.78, 5) is 17.9. The maximum atomic E-state index is 11.3. The third kappa shape index (κ3) is 4.83. The second kappa shape index (κ2) is 8.33. The van der Waals surface area contributed by atoms with Gasteiger partial charge in [0.15, 0.2) is 0 Å². The zero-order chi connectivity index (χ0) is 18.4. The van der Waals surface area contributed by atoms with Gasteiger partial charge in [-0.3, -0.25) is 9.79 Å². The summed E-state index contributed by atoms with van der Waals surface area (Å²) in [6.45, 7) is 12.7. The fraction of sp³-hybridized carbons (Fsp3) is 0.300. The smallest absolute Gasteiger partial charge is 0.221 e. The number of aliphatic imine (C=N–C) groups is 1. The van der Waals surface area contributed by atoms with E-state index in [0.29, 0.717) is 5.92 Å². The first kappa shape index (κ1) is 18.5. The van der Waals surface area contributed by atoms with Crippen LogP contribution in [0, 0.1) is 5.92 Å². The molecule has 0 fully saturated rings. The molecule has 1 aliphatic heterocycles. The second-order valence-electron chi connectivity index (χ2n) is 6.30. The molecule has 0 bridgehead atoms. The number of carbonyl (C=O) groups excluding carboxylic acids is 1. The summed E-state index contributed by atoms with van der Waals surface area (Å²) >= 11 is 0. The van der Waals surface area contributed by atoms with Crippen LogP contribution in [0.5, 0.6) is 0 Å². The van der Waals surface area contributed by atoms with Crippen molar-refractivity contribution in [3.05, 3.63) is 60.6 Å². The van der Waals surface area contributed by atoms with Crippen molar-refractivity contribution in [2.45, 2.75) is 27.7 Å². The molecule has 0 unspecified atom stereocenters. The van der Waals surface area contributed by atoms with E-state index >= 15 is 0 Å². The number of nitrogens with zero attached hydrogens (tertiary/aromatic N) is 2. The fourth-order valence-electron chi connectivity index (χ4n) is 2.52. The summed E-state index contributed by atoms with van der Waals surface area (Å²) in [5.74, 6) is 1.17. The van der Waals surface area contributed by atoms with Crippen LogP contribution in [0.2, 0.25) is 0 Å². The number of amidine groups is 1. The Hall–Kier alpha value is -2.82. The third-order valence-electron chi connectivity index (χ3n) is 3.63. The molecule has 0 aliphatic carbocycles. The minimum absolute atomic E-state index is 0.0891. The zero-order valence-electron chi connectivity index (χ0n) is 15.3. The molecule has 1 amide bonds. The maximum absolute atomic E-state index is 11.3. The highest BCUT2D eigenvalue weighted by atomic mass is 16.1. The fourth-order valence-corrected chi connectivity index (χ4v) is 2.52. The molecule has 25 heavy (non-hydrogen) atoms.